The van der Waals surface area contributed by atoms with E-state index in [1.807, 2.05) is 0 Å². The van der Waals surface area contributed by atoms with Crippen LogP contribution in [0.1, 0.15) is 43.7 Å². The molecular formula is C43H65N15O10S2. The van der Waals surface area contributed by atoms with Gasteiger partial charge in [0.25, 0.3) is 0 Å². The molecule has 384 valence electrons. The Balaban J connectivity index is 2.48. The zero-order valence-corrected chi connectivity index (χ0v) is 40.3. The van der Waals surface area contributed by atoms with E-state index < -0.39 is 109 Å². The first kappa shape index (κ1) is 59.0. The standard InChI is InChI=1S/C43H65N15O10S2/c1-24(60)52-33(23-70)41(68)55-27(14-8-16-49-42(45)46)37(64)56-30(19-26-12-6-3-7-13-26)40(67)57-29(18-25-10-4-2-5-11-25)39(66)54-28(15-9-17-50-43(47)48)38(65)58-31(21-59)36(63)51-20-34(61)53-32(22-69)35(44)62/h2-7,10-13,27-33,59,69-70H,8-9,14-23H2,1H3,(H2,44,62)(H,51,63)(H,52,60)(H,53,61)(H,54,66)(H,55,68)(H,56,64)(H,57,67)(H,58,65)(H4,45,46,49)(H4,47,48,50)/t27-,28-,29-,30-,31-,32-,33-/m0/s1. The van der Waals surface area contributed by atoms with Gasteiger partial charge in [0.05, 0.1) is 13.2 Å². The lowest BCUT2D eigenvalue weighted by Gasteiger charge is -2.28. The summed E-state index contributed by atoms with van der Waals surface area (Å²) < 4.78 is 0. The van der Waals surface area contributed by atoms with Crippen LogP contribution in [-0.2, 0) is 56.0 Å². The van der Waals surface area contributed by atoms with Crippen molar-refractivity contribution in [1.29, 1.82) is 10.8 Å². The van der Waals surface area contributed by atoms with E-state index in [4.69, 9.17) is 28.0 Å². The van der Waals surface area contributed by atoms with Gasteiger partial charge in [0, 0.05) is 44.4 Å². The summed E-state index contributed by atoms with van der Waals surface area (Å²) in [5.41, 5.74) is 17.2. The van der Waals surface area contributed by atoms with Crippen molar-refractivity contribution >= 4 is 90.3 Å². The number of hydrogen-bond donors (Lipinski definition) is 18. The fourth-order valence-corrected chi connectivity index (χ4v) is 6.98. The number of hydrogen-bond acceptors (Lipinski definition) is 14. The molecule has 0 heterocycles. The van der Waals surface area contributed by atoms with Crippen molar-refractivity contribution in [2.24, 2.45) is 17.2 Å². The van der Waals surface area contributed by atoms with Crippen molar-refractivity contribution in [2.45, 2.75) is 87.7 Å². The molecular weight excluding hydrogens is 951 g/mol. The molecule has 2 aromatic carbocycles. The second-order valence-corrected chi connectivity index (χ2v) is 16.4. The first-order chi connectivity index (χ1) is 33.3. The van der Waals surface area contributed by atoms with Crippen molar-refractivity contribution in [3.63, 3.8) is 0 Å². The number of primary amides is 1. The van der Waals surface area contributed by atoms with Crippen LogP contribution in [0.3, 0.4) is 0 Å². The highest BCUT2D eigenvalue weighted by Crippen LogP contribution is 2.10. The average molecular weight is 1020 g/mol. The number of carbonyl (C=O) groups excluding carboxylic acids is 9. The van der Waals surface area contributed by atoms with E-state index in [-0.39, 0.29) is 75.0 Å². The van der Waals surface area contributed by atoms with Gasteiger partial charge >= 0.3 is 0 Å². The molecule has 0 radical (unpaired) electrons. The van der Waals surface area contributed by atoms with Crippen LogP contribution < -0.4 is 70.4 Å². The SMILES string of the molecule is CC(=O)N[C@@H](CS)C(=O)N[C@@H](CCCNC(=N)N)C(=O)N[C@@H](Cc1ccccc1)C(=O)N[C@@H](Cc1ccccc1)C(=O)N[C@@H](CCCNC(=N)N)C(=O)N[C@@H](CO)C(=O)NCC(=O)N[C@@H](CS)C(N)=O. The Hall–Kier alpha value is -7.13. The number of aliphatic hydroxyl groups excluding tert-OH is 1. The third kappa shape index (κ3) is 22.8. The van der Waals surface area contributed by atoms with Crippen LogP contribution in [0.5, 0.6) is 0 Å². The van der Waals surface area contributed by atoms with Gasteiger partial charge in [-0.3, -0.25) is 54.0 Å². The van der Waals surface area contributed by atoms with Gasteiger partial charge in [-0.15, -0.1) is 0 Å². The number of amides is 9. The van der Waals surface area contributed by atoms with Gasteiger partial charge in [-0.2, -0.15) is 25.3 Å². The Bertz CT molecular complexity index is 2110. The van der Waals surface area contributed by atoms with Crippen molar-refractivity contribution in [1.82, 2.24) is 53.2 Å². The minimum atomic E-state index is -1.64. The largest absolute Gasteiger partial charge is 0.394 e. The second-order valence-electron chi connectivity index (χ2n) is 15.7. The number of carbonyl (C=O) groups is 9. The van der Waals surface area contributed by atoms with Crippen molar-refractivity contribution in [3.05, 3.63) is 71.8 Å². The quantitative estimate of drug-likeness (QED) is 0.0146. The molecule has 0 bridgehead atoms. The van der Waals surface area contributed by atoms with E-state index in [1.165, 1.54) is 6.92 Å². The molecule has 2 aromatic rings. The average Bonchev–Trinajstić information content (AvgIpc) is 3.32. The molecule has 0 saturated heterocycles. The van der Waals surface area contributed by atoms with Crippen molar-refractivity contribution in [3.8, 4) is 0 Å². The normalized spacial score (nSPS) is 13.7. The predicted molar refractivity (Wildman–Crippen MR) is 265 cm³/mol. The van der Waals surface area contributed by atoms with Crippen molar-refractivity contribution in [2.75, 3.05) is 37.7 Å². The third-order valence-electron chi connectivity index (χ3n) is 10.0. The number of benzene rings is 2. The highest BCUT2D eigenvalue weighted by atomic mass is 32.1. The number of nitrogens with two attached hydrogens (primary N) is 3. The zero-order chi connectivity index (χ0) is 52.2. The van der Waals surface area contributed by atoms with E-state index >= 15 is 0 Å². The van der Waals surface area contributed by atoms with Gasteiger partial charge < -0.3 is 75.5 Å². The number of thiol groups is 2. The van der Waals surface area contributed by atoms with Gasteiger partial charge in [-0.05, 0) is 36.8 Å². The lowest BCUT2D eigenvalue weighted by Crippen LogP contribution is -2.60. The maximum Gasteiger partial charge on any atom is 0.245 e. The van der Waals surface area contributed by atoms with E-state index in [0.717, 1.165) is 0 Å². The summed E-state index contributed by atoms with van der Waals surface area (Å²) in [6.07, 6.45) is -0.0194. The van der Waals surface area contributed by atoms with E-state index in [9.17, 15) is 48.3 Å². The second kappa shape index (κ2) is 31.8. The molecule has 2 rings (SSSR count). The van der Waals surface area contributed by atoms with Gasteiger partial charge in [0.15, 0.2) is 11.9 Å². The molecule has 0 aromatic heterocycles. The number of guanidine groups is 2. The molecule has 0 fully saturated rings. The molecule has 25 nitrogen and oxygen atoms in total. The maximum absolute atomic E-state index is 14.5. The van der Waals surface area contributed by atoms with Crippen LogP contribution >= 0.6 is 25.3 Å². The molecule has 0 unspecified atom stereocenters. The number of rotatable bonds is 31. The van der Waals surface area contributed by atoms with Crippen LogP contribution in [0.4, 0.5) is 0 Å². The van der Waals surface area contributed by atoms with Crippen LogP contribution in [0, 0.1) is 10.8 Å². The Morgan fingerprint density at radius 2 is 0.900 bits per heavy atom. The molecule has 0 aliphatic rings. The zero-order valence-electron chi connectivity index (χ0n) is 38.5. The van der Waals surface area contributed by atoms with Gasteiger partial charge in [0.2, 0.25) is 53.2 Å². The lowest BCUT2D eigenvalue weighted by molar-refractivity contribution is -0.135. The summed E-state index contributed by atoms with van der Waals surface area (Å²) >= 11 is 8.10. The minimum absolute atomic E-state index is 0.0107. The Morgan fingerprint density at radius 1 is 0.514 bits per heavy atom. The fourth-order valence-electron chi connectivity index (χ4n) is 6.45. The smallest absolute Gasteiger partial charge is 0.245 e. The summed E-state index contributed by atoms with van der Waals surface area (Å²) in [7, 11) is 0. The molecule has 0 spiro atoms. The van der Waals surface area contributed by atoms with Gasteiger partial charge in [-0.25, -0.2) is 0 Å². The van der Waals surface area contributed by atoms with Gasteiger partial charge in [0.1, 0.15) is 42.3 Å². The van der Waals surface area contributed by atoms with E-state index in [1.54, 1.807) is 60.7 Å². The van der Waals surface area contributed by atoms with Crippen molar-refractivity contribution < 1.29 is 48.3 Å². The molecule has 0 saturated carbocycles. The predicted octanol–water partition coefficient (Wildman–Crippen LogP) is -5.13. The minimum Gasteiger partial charge on any atom is -0.394 e. The van der Waals surface area contributed by atoms with E-state index in [2.05, 4.69) is 78.4 Å². The highest BCUT2D eigenvalue weighted by Gasteiger charge is 2.34. The summed E-state index contributed by atoms with van der Waals surface area (Å²) in [6.45, 7) is -0.182. The molecule has 0 aliphatic heterocycles. The molecule has 0 aliphatic carbocycles. The fraction of sp³-hybridized carbons (Fsp3) is 0.465. The van der Waals surface area contributed by atoms with E-state index in [0.29, 0.717) is 11.1 Å². The Labute approximate surface area is 415 Å². The molecule has 7 atom stereocenters. The van der Waals surface area contributed by atoms with Crippen LogP contribution in [0.25, 0.3) is 0 Å². The Morgan fingerprint density at radius 3 is 1.27 bits per heavy atom. The van der Waals surface area contributed by atoms with Crippen LogP contribution in [0.15, 0.2) is 60.7 Å². The summed E-state index contributed by atoms with van der Waals surface area (Å²) in [5.74, 6) is -8.33. The molecule has 19 N–H and O–H groups in total. The summed E-state index contributed by atoms with van der Waals surface area (Å²) in [5, 5.41) is 50.2. The van der Waals surface area contributed by atoms with Gasteiger partial charge in [-0.1, -0.05) is 60.7 Å². The summed E-state index contributed by atoms with van der Waals surface area (Å²) in [4.78, 5) is 119. The number of nitrogens with one attached hydrogen (secondary N) is 12. The highest BCUT2D eigenvalue weighted by molar-refractivity contribution is 7.80. The first-order valence-electron chi connectivity index (χ1n) is 22.0. The molecule has 70 heavy (non-hydrogen) atoms. The summed E-state index contributed by atoms with van der Waals surface area (Å²) in [6, 6.07) is 7.71. The lowest BCUT2D eigenvalue weighted by atomic mass is 10.0. The topological polar surface area (TPSA) is 420 Å². The van der Waals surface area contributed by atoms with Crippen LogP contribution in [-0.4, -0.2) is 150 Å². The molecule has 9 amide bonds. The number of aliphatic hydroxyl groups is 1. The first-order valence-corrected chi connectivity index (χ1v) is 23.3. The Kier molecular flexibility index (Phi) is 26.8. The third-order valence-corrected chi connectivity index (χ3v) is 10.8. The maximum atomic E-state index is 14.5. The molecule has 27 heteroatoms. The van der Waals surface area contributed by atoms with Crippen LogP contribution in [0.2, 0.25) is 0 Å². The monoisotopic (exact) mass is 1020 g/mol.